The first-order chi connectivity index (χ1) is 13.3. The number of fused-ring (bicyclic) bond motifs is 1. The van der Waals surface area contributed by atoms with Crippen molar-refractivity contribution in [3.05, 3.63) is 55.1 Å². The van der Waals surface area contributed by atoms with Gasteiger partial charge in [-0.15, -0.1) is 11.3 Å². The number of rotatable bonds is 5. The van der Waals surface area contributed by atoms with Gasteiger partial charge in [0.25, 0.3) is 17.4 Å². The van der Waals surface area contributed by atoms with E-state index in [0.29, 0.717) is 21.3 Å². The quantitative estimate of drug-likeness (QED) is 0.378. The molecule has 0 fully saturated rings. The average molecular weight is 481 g/mol. The number of halogens is 1. The van der Waals surface area contributed by atoms with Gasteiger partial charge in [0, 0.05) is 10.0 Å². The van der Waals surface area contributed by atoms with Gasteiger partial charge in [-0.25, -0.2) is 4.98 Å². The van der Waals surface area contributed by atoms with Gasteiger partial charge in [0.2, 0.25) is 5.91 Å². The maximum atomic E-state index is 12.3. The first-order valence-corrected chi connectivity index (χ1v) is 10.4. The lowest BCUT2D eigenvalue weighted by atomic mass is 10.2. The molecule has 0 unspecified atom stereocenters. The number of aromatic amines is 1. The molecule has 0 aliphatic rings. The third-order valence-corrected chi connectivity index (χ3v) is 6.30. The molecule has 0 aliphatic carbocycles. The number of thioether (sulfide) groups is 1. The lowest BCUT2D eigenvalue weighted by molar-refractivity contribution is -0.117. The number of primary amides is 1. The SMILES string of the molecule is Cc1c(C(N)=O)sc2nc(SCC(=O)NC(=O)c3ccc(Br)cc3)[nH]c(=O)c12. The molecule has 28 heavy (non-hydrogen) atoms. The Kier molecular flexibility index (Phi) is 5.96. The molecule has 0 saturated carbocycles. The minimum atomic E-state index is -0.625. The Balaban J connectivity index is 1.70. The largest absolute Gasteiger partial charge is 0.365 e. The zero-order valence-electron chi connectivity index (χ0n) is 14.4. The van der Waals surface area contributed by atoms with E-state index in [1.807, 2.05) is 0 Å². The van der Waals surface area contributed by atoms with Gasteiger partial charge in [-0.2, -0.15) is 0 Å². The highest BCUT2D eigenvalue weighted by Gasteiger charge is 2.18. The van der Waals surface area contributed by atoms with Crippen LogP contribution in [0.1, 0.15) is 25.6 Å². The molecule has 3 aromatic rings. The van der Waals surface area contributed by atoms with E-state index in [1.54, 1.807) is 31.2 Å². The number of benzene rings is 1. The highest BCUT2D eigenvalue weighted by Crippen LogP contribution is 2.27. The number of carbonyl (C=O) groups is 3. The van der Waals surface area contributed by atoms with E-state index in [2.05, 4.69) is 31.2 Å². The summed E-state index contributed by atoms with van der Waals surface area (Å²) in [4.78, 5) is 55.3. The van der Waals surface area contributed by atoms with E-state index in [1.165, 1.54) is 0 Å². The maximum Gasteiger partial charge on any atom is 0.260 e. The molecule has 0 spiro atoms. The molecular weight excluding hydrogens is 468 g/mol. The highest BCUT2D eigenvalue weighted by molar-refractivity contribution is 9.10. The van der Waals surface area contributed by atoms with E-state index in [-0.39, 0.29) is 15.8 Å². The number of carbonyl (C=O) groups excluding carboxylic acids is 3. The van der Waals surface area contributed by atoms with Crippen LogP contribution in [0.3, 0.4) is 0 Å². The van der Waals surface area contributed by atoms with E-state index < -0.39 is 23.3 Å². The van der Waals surface area contributed by atoms with Crippen LogP contribution in [-0.4, -0.2) is 33.4 Å². The van der Waals surface area contributed by atoms with Gasteiger partial charge >= 0.3 is 0 Å². The standard InChI is InChI=1S/C17H13BrN4O4S2/c1-7-11-15(26)21-17(22-16(11)28-12(7)13(19)24)27-6-10(23)20-14(25)8-2-4-9(18)5-3-8/h2-5H,6H2,1H3,(H2,19,24)(H,20,23,25)(H,21,22,26). The molecule has 144 valence electrons. The van der Waals surface area contributed by atoms with Crippen LogP contribution in [0.5, 0.6) is 0 Å². The number of nitrogens with zero attached hydrogens (tertiary/aromatic N) is 1. The monoisotopic (exact) mass is 480 g/mol. The minimum Gasteiger partial charge on any atom is -0.365 e. The van der Waals surface area contributed by atoms with Gasteiger partial charge in [0.05, 0.1) is 16.0 Å². The number of thiophene rings is 1. The molecule has 0 aliphatic heterocycles. The zero-order chi connectivity index (χ0) is 20.4. The second kappa shape index (κ2) is 8.25. The number of nitrogens with two attached hydrogens (primary N) is 1. The summed E-state index contributed by atoms with van der Waals surface area (Å²) in [6, 6.07) is 6.56. The van der Waals surface area contributed by atoms with Crippen molar-refractivity contribution in [2.24, 2.45) is 5.73 Å². The van der Waals surface area contributed by atoms with Crippen molar-refractivity contribution in [3.63, 3.8) is 0 Å². The first kappa shape index (κ1) is 20.2. The number of imide groups is 1. The van der Waals surface area contributed by atoms with Crippen molar-refractivity contribution >= 4 is 67.0 Å². The molecule has 3 amide bonds. The summed E-state index contributed by atoms with van der Waals surface area (Å²) in [5.41, 5.74) is 5.72. The lowest BCUT2D eigenvalue weighted by Crippen LogP contribution is -2.31. The van der Waals surface area contributed by atoms with Crippen LogP contribution >= 0.6 is 39.0 Å². The summed E-state index contributed by atoms with van der Waals surface area (Å²) < 4.78 is 0.819. The Morgan fingerprint density at radius 2 is 1.96 bits per heavy atom. The number of hydrogen-bond donors (Lipinski definition) is 3. The molecule has 0 radical (unpaired) electrons. The van der Waals surface area contributed by atoms with Crippen molar-refractivity contribution in [2.75, 3.05) is 5.75 Å². The third-order valence-electron chi connectivity index (χ3n) is 3.70. The molecule has 0 atom stereocenters. The van der Waals surface area contributed by atoms with Crippen molar-refractivity contribution in [3.8, 4) is 0 Å². The fourth-order valence-electron chi connectivity index (χ4n) is 2.40. The molecule has 8 nitrogen and oxygen atoms in total. The zero-order valence-corrected chi connectivity index (χ0v) is 17.6. The average Bonchev–Trinajstić information content (AvgIpc) is 2.98. The fourth-order valence-corrected chi connectivity index (χ4v) is 4.41. The maximum absolute atomic E-state index is 12.3. The molecule has 11 heteroatoms. The molecule has 0 bridgehead atoms. The van der Waals surface area contributed by atoms with Gasteiger partial charge in [0.1, 0.15) is 4.83 Å². The van der Waals surface area contributed by atoms with Crippen molar-refractivity contribution in [1.82, 2.24) is 15.3 Å². The predicted octanol–water partition coefficient (Wildman–Crippen LogP) is 2.20. The minimum absolute atomic E-state index is 0.121. The summed E-state index contributed by atoms with van der Waals surface area (Å²) in [5.74, 6) is -1.79. The Hall–Kier alpha value is -2.50. The molecule has 0 saturated heterocycles. The molecular formula is C17H13BrN4O4S2. The summed E-state index contributed by atoms with van der Waals surface area (Å²) >= 11 is 5.27. The van der Waals surface area contributed by atoms with E-state index in [9.17, 15) is 19.2 Å². The van der Waals surface area contributed by atoms with Gasteiger partial charge in [-0.1, -0.05) is 27.7 Å². The van der Waals surface area contributed by atoms with Crippen molar-refractivity contribution in [2.45, 2.75) is 12.1 Å². The summed E-state index contributed by atoms with van der Waals surface area (Å²) in [5, 5.41) is 2.79. The number of aromatic nitrogens is 2. The number of amides is 3. The van der Waals surface area contributed by atoms with Crippen LogP contribution < -0.4 is 16.6 Å². The van der Waals surface area contributed by atoms with Gasteiger partial charge in [-0.05, 0) is 36.8 Å². The number of aryl methyl sites for hydroxylation is 1. The molecule has 3 rings (SSSR count). The number of nitrogens with one attached hydrogen (secondary N) is 2. The summed E-state index contributed by atoms with van der Waals surface area (Å²) in [7, 11) is 0. The smallest absolute Gasteiger partial charge is 0.260 e. The first-order valence-electron chi connectivity index (χ1n) is 7.82. The van der Waals surface area contributed by atoms with E-state index in [0.717, 1.165) is 27.6 Å². The normalized spacial score (nSPS) is 10.8. The summed E-state index contributed by atoms with van der Waals surface area (Å²) in [6.45, 7) is 1.63. The third kappa shape index (κ3) is 4.32. The topological polar surface area (TPSA) is 135 Å². The van der Waals surface area contributed by atoms with Crippen molar-refractivity contribution < 1.29 is 14.4 Å². The van der Waals surface area contributed by atoms with E-state index >= 15 is 0 Å². The van der Waals surface area contributed by atoms with Crippen LogP contribution in [0.15, 0.2) is 38.7 Å². The van der Waals surface area contributed by atoms with Crippen LogP contribution in [0.2, 0.25) is 0 Å². The number of H-pyrrole nitrogens is 1. The van der Waals surface area contributed by atoms with Crippen LogP contribution in [0.4, 0.5) is 0 Å². The Morgan fingerprint density at radius 3 is 2.61 bits per heavy atom. The Bertz CT molecular complexity index is 1150. The van der Waals surface area contributed by atoms with Gasteiger partial charge in [-0.3, -0.25) is 24.5 Å². The van der Waals surface area contributed by atoms with Crippen LogP contribution in [0, 0.1) is 6.92 Å². The molecule has 1 aromatic carbocycles. The summed E-state index contributed by atoms with van der Waals surface area (Å²) in [6.07, 6.45) is 0. The second-order valence-electron chi connectivity index (χ2n) is 5.64. The van der Waals surface area contributed by atoms with Crippen LogP contribution in [0.25, 0.3) is 10.2 Å². The highest BCUT2D eigenvalue weighted by atomic mass is 79.9. The lowest BCUT2D eigenvalue weighted by Gasteiger charge is -2.04. The van der Waals surface area contributed by atoms with Crippen molar-refractivity contribution in [1.29, 1.82) is 0 Å². The van der Waals surface area contributed by atoms with Gasteiger partial charge < -0.3 is 10.7 Å². The Morgan fingerprint density at radius 1 is 1.29 bits per heavy atom. The van der Waals surface area contributed by atoms with Gasteiger partial charge in [0.15, 0.2) is 5.16 Å². The molecule has 2 aromatic heterocycles. The second-order valence-corrected chi connectivity index (χ2v) is 8.52. The number of hydrogen-bond acceptors (Lipinski definition) is 7. The Labute approximate surface area is 175 Å². The van der Waals surface area contributed by atoms with E-state index in [4.69, 9.17) is 5.73 Å². The fraction of sp³-hybridized carbons (Fsp3) is 0.118. The molecule has 4 N–H and O–H groups in total. The predicted molar refractivity (Wildman–Crippen MR) is 111 cm³/mol. The van der Waals surface area contributed by atoms with Crippen LogP contribution in [-0.2, 0) is 4.79 Å². The molecule has 2 heterocycles.